The van der Waals surface area contributed by atoms with Gasteiger partial charge < -0.3 is 10.5 Å². The lowest BCUT2D eigenvalue weighted by molar-refractivity contribution is 0.395. The lowest BCUT2D eigenvalue weighted by atomic mass is 10.2. The van der Waals surface area contributed by atoms with E-state index in [1.54, 1.807) is 30.4 Å². The third-order valence-electron chi connectivity index (χ3n) is 2.62. The minimum Gasteiger partial charge on any atom is -0.480 e. The number of fused-ring (bicyclic) bond motifs is 1. The van der Waals surface area contributed by atoms with Crippen LogP contribution in [0.1, 0.15) is 0 Å². The minimum atomic E-state index is 0.444. The predicted molar refractivity (Wildman–Crippen MR) is 67.6 cm³/mol. The number of ether oxygens (including phenoxy) is 1. The molecule has 0 aliphatic heterocycles. The number of methoxy groups -OCH3 is 1. The van der Waals surface area contributed by atoms with Crippen molar-refractivity contribution in [2.45, 2.75) is 0 Å². The maximum absolute atomic E-state index is 5.78. The molecule has 0 unspecified atom stereocenters. The van der Waals surface area contributed by atoms with Gasteiger partial charge in [-0.2, -0.15) is 10.1 Å². The summed E-state index contributed by atoms with van der Waals surface area (Å²) in [5.74, 6) is 1.04. The van der Waals surface area contributed by atoms with E-state index >= 15 is 0 Å². The zero-order chi connectivity index (χ0) is 12.5. The molecular weight excluding hydrogens is 230 g/mol. The number of aromatic nitrogens is 4. The van der Waals surface area contributed by atoms with Crippen molar-refractivity contribution in [1.29, 1.82) is 0 Å². The van der Waals surface area contributed by atoms with Gasteiger partial charge in [0.05, 0.1) is 31.2 Å². The summed E-state index contributed by atoms with van der Waals surface area (Å²) in [4.78, 5) is 8.35. The normalized spacial score (nSPS) is 10.7. The Morgan fingerprint density at radius 2 is 2.11 bits per heavy atom. The van der Waals surface area contributed by atoms with Crippen molar-refractivity contribution in [3.63, 3.8) is 0 Å². The van der Waals surface area contributed by atoms with Crippen molar-refractivity contribution in [2.75, 3.05) is 12.8 Å². The second-order valence-electron chi connectivity index (χ2n) is 3.79. The van der Waals surface area contributed by atoms with Crippen LogP contribution in [0.15, 0.2) is 36.8 Å². The Labute approximate surface area is 103 Å². The summed E-state index contributed by atoms with van der Waals surface area (Å²) in [7, 11) is 1.55. The fraction of sp³-hybridized carbons (Fsp3) is 0.0833. The summed E-state index contributed by atoms with van der Waals surface area (Å²) in [5, 5.41) is 5.28. The predicted octanol–water partition coefficient (Wildman–Crippen LogP) is 1.41. The molecule has 2 heterocycles. The lowest BCUT2D eigenvalue weighted by Crippen LogP contribution is -2.01. The van der Waals surface area contributed by atoms with Crippen LogP contribution in [0.25, 0.3) is 16.7 Å². The van der Waals surface area contributed by atoms with Gasteiger partial charge in [-0.25, -0.2) is 4.68 Å². The Morgan fingerprint density at radius 3 is 2.94 bits per heavy atom. The van der Waals surface area contributed by atoms with Crippen molar-refractivity contribution in [2.24, 2.45) is 0 Å². The van der Waals surface area contributed by atoms with Crippen molar-refractivity contribution in [3.05, 3.63) is 36.8 Å². The number of rotatable bonds is 2. The van der Waals surface area contributed by atoms with E-state index in [1.807, 2.05) is 18.2 Å². The number of anilines is 1. The third kappa shape index (κ3) is 1.64. The first-order chi connectivity index (χ1) is 8.78. The zero-order valence-corrected chi connectivity index (χ0v) is 9.74. The molecule has 2 N–H and O–H groups in total. The first-order valence-corrected chi connectivity index (χ1v) is 5.37. The number of nitrogen functional groups attached to an aromatic ring is 1. The summed E-state index contributed by atoms with van der Waals surface area (Å²) in [6, 6.07) is 5.61. The molecule has 90 valence electrons. The molecule has 0 amide bonds. The van der Waals surface area contributed by atoms with E-state index in [-0.39, 0.29) is 0 Å². The summed E-state index contributed by atoms with van der Waals surface area (Å²) in [5.41, 5.74) is 7.35. The molecule has 0 bridgehead atoms. The second-order valence-corrected chi connectivity index (χ2v) is 3.79. The number of benzene rings is 1. The van der Waals surface area contributed by atoms with E-state index in [0.717, 1.165) is 10.9 Å². The van der Waals surface area contributed by atoms with Crippen LogP contribution in [-0.2, 0) is 0 Å². The van der Waals surface area contributed by atoms with E-state index < -0.39 is 0 Å². The van der Waals surface area contributed by atoms with Crippen molar-refractivity contribution < 1.29 is 4.74 Å². The maximum Gasteiger partial charge on any atom is 0.234 e. The number of hydrogen-bond acceptors (Lipinski definition) is 5. The van der Waals surface area contributed by atoms with Crippen LogP contribution in [-0.4, -0.2) is 26.9 Å². The second kappa shape index (κ2) is 3.99. The molecule has 6 heteroatoms. The first-order valence-electron chi connectivity index (χ1n) is 5.37. The van der Waals surface area contributed by atoms with Crippen molar-refractivity contribution in [1.82, 2.24) is 19.7 Å². The Hall–Kier alpha value is -2.63. The highest BCUT2D eigenvalue weighted by Crippen LogP contribution is 2.20. The Kier molecular flexibility index (Phi) is 2.33. The fourth-order valence-corrected chi connectivity index (χ4v) is 1.76. The van der Waals surface area contributed by atoms with Gasteiger partial charge in [-0.15, -0.1) is 0 Å². The fourth-order valence-electron chi connectivity index (χ4n) is 1.76. The summed E-state index contributed by atoms with van der Waals surface area (Å²) >= 11 is 0. The number of nitrogens with two attached hydrogens (primary N) is 1. The molecule has 0 saturated carbocycles. The van der Waals surface area contributed by atoms with Gasteiger partial charge in [0.1, 0.15) is 0 Å². The average molecular weight is 241 g/mol. The third-order valence-corrected chi connectivity index (χ3v) is 2.62. The highest BCUT2D eigenvalue weighted by Gasteiger charge is 2.07. The van der Waals surface area contributed by atoms with Crippen molar-refractivity contribution >= 4 is 16.6 Å². The van der Waals surface area contributed by atoms with Crippen LogP contribution in [0.3, 0.4) is 0 Å². The molecular formula is C12H11N5O. The molecule has 6 nitrogen and oxygen atoms in total. The van der Waals surface area contributed by atoms with Gasteiger partial charge in [-0.05, 0) is 18.2 Å². The summed E-state index contributed by atoms with van der Waals surface area (Å²) in [6.07, 6.45) is 4.93. The number of hydrogen-bond donors (Lipinski definition) is 1. The van der Waals surface area contributed by atoms with E-state index in [9.17, 15) is 0 Å². The van der Waals surface area contributed by atoms with Gasteiger partial charge in [-0.3, -0.25) is 4.98 Å². The van der Waals surface area contributed by atoms with Crippen LogP contribution >= 0.6 is 0 Å². The summed E-state index contributed by atoms with van der Waals surface area (Å²) in [6.45, 7) is 0. The first kappa shape index (κ1) is 10.5. The molecule has 18 heavy (non-hydrogen) atoms. The molecule has 0 atom stereocenters. The Morgan fingerprint density at radius 1 is 1.22 bits per heavy atom. The van der Waals surface area contributed by atoms with Gasteiger partial charge >= 0.3 is 0 Å². The van der Waals surface area contributed by atoms with Gasteiger partial charge in [-0.1, -0.05) is 0 Å². The quantitative estimate of drug-likeness (QED) is 0.686. The summed E-state index contributed by atoms with van der Waals surface area (Å²) < 4.78 is 6.73. The van der Waals surface area contributed by atoms with Crippen molar-refractivity contribution in [3.8, 4) is 11.7 Å². The van der Waals surface area contributed by atoms with E-state index in [1.165, 1.54) is 0 Å². The lowest BCUT2D eigenvalue weighted by Gasteiger charge is -2.04. The molecule has 0 spiro atoms. The molecule has 2 aromatic heterocycles. The Bertz CT molecular complexity index is 707. The largest absolute Gasteiger partial charge is 0.480 e. The van der Waals surface area contributed by atoms with Gasteiger partial charge in [0.25, 0.3) is 0 Å². The maximum atomic E-state index is 5.78. The molecule has 1 aromatic carbocycles. The molecule has 3 aromatic rings. The molecule has 0 aliphatic carbocycles. The van der Waals surface area contributed by atoms with Crippen LogP contribution in [0.2, 0.25) is 0 Å². The monoisotopic (exact) mass is 241 g/mol. The van der Waals surface area contributed by atoms with E-state index in [4.69, 9.17) is 10.5 Å². The smallest absolute Gasteiger partial charge is 0.234 e. The molecule has 3 rings (SSSR count). The molecule has 0 radical (unpaired) electrons. The van der Waals surface area contributed by atoms with Crippen LogP contribution in [0.4, 0.5) is 5.69 Å². The minimum absolute atomic E-state index is 0.444. The average Bonchev–Trinajstić information content (AvgIpc) is 2.81. The van der Waals surface area contributed by atoms with E-state index in [0.29, 0.717) is 17.4 Å². The zero-order valence-electron chi connectivity index (χ0n) is 9.74. The van der Waals surface area contributed by atoms with Crippen LogP contribution in [0, 0.1) is 0 Å². The standard InChI is InChI=1S/C12H11N5O/c1-18-12-7-14-6-11(16-12)17-10-4-9(13)3-2-8(10)5-15-17/h2-7H,13H2,1H3. The molecule has 0 fully saturated rings. The highest BCUT2D eigenvalue weighted by atomic mass is 16.5. The SMILES string of the molecule is COc1cncc(-n2ncc3ccc(N)cc32)n1. The van der Waals surface area contributed by atoms with Gasteiger partial charge in [0.2, 0.25) is 5.88 Å². The number of nitrogens with zero attached hydrogens (tertiary/aromatic N) is 4. The Balaban J connectivity index is 2.21. The van der Waals surface area contributed by atoms with E-state index in [2.05, 4.69) is 15.1 Å². The molecule has 0 saturated heterocycles. The van der Waals surface area contributed by atoms with Gasteiger partial charge in [0.15, 0.2) is 5.82 Å². The van der Waals surface area contributed by atoms with Crippen LogP contribution < -0.4 is 10.5 Å². The highest BCUT2D eigenvalue weighted by molar-refractivity contribution is 5.83. The molecule has 0 aliphatic rings. The van der Waals surface area contributed by atoms with Gasteiger partial charge in [0, 0.05) is 11.1 Å². The topological polar surface area (TPSA) is 78.8 Å². The van der Waals surface area contributed by atoms with Crippen LogP contribution in [0.5, 0.6) is 5.88 Å².